The number of nitrogens with one attached hydrogen (secondary N) is 2. The van der Waals surface area contributed by atoms with Crippen LogP contribution >= 0.6 is 11.8 Å². The van der Waals surface area contributed by atoms with E-state index in [9.17, 15) is 19.2 Å². The lowest BCUT2D eigenvalue weighted by atomic mass is 9.97. The molecular formula is C20H18N4O4S. The standard InChI is InChI=1S/C20H18N4O4S/c21-17(26)13-8-4-5-9-15(13)22-16(25)11-29-20-23-18(27)14(19(28)24-20)10-12-6-2-1-3-7-12/h1-9,14H,10-11H2,(H2,21,26)(H,22,25)(H,23,24,27,28). The zero-order chi connectivity index (χ0) is 20.8. The van der Waals surface area contributed by atoms with Crippen LogP contribution in [0.5, 0.6) is 0 Å². The van der Waals surface area contributed by atoms with Gasteiger partial charge in [-0.1, -0.05) is 54.2 Å². The van der Waals surface area contributed by atoms with Gasteiger partial charge in [-0.05, 0) is 24.1 Å². The molecular weight excluding hydrogens is 392 g/mol. The third-order valence-corrected chi connectivity index (χ3v) is 5.02. The Bertz CT molecular complexity index is 991. The summed E-state index contributed by atoms with van der Waals surface area (Å²) in [6.45, 7) is 0. The molecule has 1 aliphatic heterocycles. The number of hydrogen-bond acceptors (Lipinski definition) is 5. The van der Waals surface area contributed by atoms with Crippen molar-refractivity contribution in [1.29, 1.82) is 0 Å². The average molecular weight is 410 g/mol. The van der Waals surface area contributed by atoms with Gasteiger partial charge in [0.1, 0.15) is 5.92 Å². The highest BCUT2D eigenvalue weighted by molar-refractivity contribution is 8.14. The number of amides is 4. The molecule has 0 saturated carbocycles. The van der Waals surface area contributed by atoms with Gasteiger partial charge in [0.25, 0.3) is 11.8 Å². The third kappa shape index (κ3) is 5.29. The van der Waals surface area contributed by atoms with Gasteiger partial charge in [0.05, 0.1) is 17.0 Å². The molecule has 0 spiro atoms. The van der Waals surface area contributed by atoms with Gasteiger partial charge >= 0.3 is 0 Å². The fraction of sp³-hybridized carbons (Fsp3) is 0.150. The summed E-state index contributed by atoms with van der Waals surface area (Å²) >= 11 is 0.924. The summed E-state index contributed by atoms with van der Waals surface area (Å²) < 4.78 is 0. The van der Waals surface area contributed by atoms with Crippen LogP contribution in [0.3, 0.4) is 0 Å². The van der Waals surface area contributed by atoms with E-state index in [-0.39, 0.29) is 22.9 Å². The van der Waals surface area contributed by atoms with Gasteiger partial charge in [0.2, 0.25) is 11.8 Å². The summed E-state index contributed by atoms with van der Waals surface area (Å²) in [5, 5.41) is 5.22. The van der Waals surface area contributed by atoms with Crippen LogP contribution in [0.25, 0.3) is 0 Å². The number of aliphatic imine (C=N–C) groups is 1. The highest BCUT2D eigenvalue weighted by Crippen LogP contribution is 2.18. The summed E-state index contributed by atoms with van der Waals surface area (Å²) in [6.07, 6.45) is 0.261. The zero-order valence-corrected chi connectivity index (χ0v) is 16.1. The normalized spacial score (nSPS) is 16.0. The summed E-state index contributed by atoms with van der Waals surface area (Å²) in [6, 6.07) is 15.5. The van der Waals surface area contributed by atoms with Crippen LogP contribution in [0.4, 0.5) is 5.69 Å². The number of thioether (sulfide) groups is 1. The molecule has 4 amide bonds. The molecule has 8 nitrogen and oxygen atoms in total. The SMILES string of the molecule is NC(=O)c1ccccc1NC(=O)CSC1=NC(=O)[C@H](Cc2ccccc2)C(=O)N1. The summed E-state index contributed by atoms with van der Waals surface area (Å²) in [4.78, 5) is 52.0. The quantitative estimate of drug-likeness (QED) is 0.619. The Morgan fingerprint density at radius 3 is 2.45 bits per heavy atom. The highest BCUT2D eigenvalue weighted by Gasteiger charge is 2.32. The molecule has 2 aromatic carbocycles. The van der Waals surface area contributed by atoms with Gasteiger partial charge in [-0.25, -0.2) is 0 Å². The number of carbonyl (C=O) groups excluding carboxylic acids is 4. The monoisotopic (exact) mass is 410 g/mol. The van der Waals surface area contributed by atoms with Crippen LogP contribution in [-0.4, -0.2) is 34.5 Å². The van der Waals surface area contributed by atoms with E-state index in [4.69, 9.17) is 5.73 Å². The van der Waals surface area contributed by atoms with Crippen molar-refractivity contribution in [2.75, 3.05) is 11.1 Å². The minimum atomic E-state index is -0.891. The van der Waals surface area contributed by atoms with Gasteiger partial charge in [0.15, 0.2) is 5.17 Å². The topological polar surface area (TPSA) is 131 Å². The molecule has 29 heavy (non-hydrogen) atoms. The predicted octanol–water partition coefficient (Wildman–Crippen LogP) is 1.33. The molecule has 1 atom stereocenters. The van der Waals surface area contributed by atoms with Crippen molar-refractivity contribution in [2.24, 2.45) is 16.6 Å². The minimum absolute atomic E-state index is 0.0719. The molecule has 1 aliphatic rings. The summed E-state index contributed by atoms with van der Waals surface area (Å²) in [7, 11) is 0. The van der Waals surface area contributed by atoms with E-state index in [1.807, 2.05) is 30.3 Å². The lowest BCUT2D eigenvalue weighted by Gasteiger charge is -2.19. The van der Waals surface area contributed by atoms with E-state index in [1.165, 1.54) is 6.07 Å². The maximum absolute atomic E-state index is 12.3. The molecule has 0 unspecified atom stereocenters. The molecule has 3 rings (SSSR count). The van der Waals surface area contributed by atoms with Crippen molar-refractivity contribution >= 4 is 46.2 Å². The maximum atomic E-state index is 12.3. The van der Waals surface area contributed by atoms with Crippen LogP contribution in [0.1, 0.15) is 15.9 Å². The van der Waals surface area contributed by atoms with E-state index in [2.05, 4.69) is 15.6 Å². The molecule has 148 valence electrons. The highest BCUT2D eigenvalue weighted by atomic mass is 32.2. The van der Waals surface area contributed by atoms with E-state index < -0.39 is 29.5 Å². The maximum Gasteiger partial charge on any atom is 0.261 e. The molecule has 0 bridgehead atoms. The van der Waals surface area contributed by atoms with Crippen LogP contribution in [0.2, 0.25) is 0 Å². The Morgan fingerprint density at radius 1 is 1.07 bits per heavy atom. The molecule has 0 aliphatic carbocycles. The Hall–Kier alpha value is -3.46. The summed E-state index contributed by atoms with van der Waals surface area (Å²) in [5.41, 5.74) is 6.62. The van der Waals surface area contributed by atoms with Crippen molar-refractivity contribution in [2.45, 2.75) is 6.42 Å². The number of primary amides is 1. The molecule has 0 aromatic heterocycles. The van der Waals surface area contributed by atoms with Crippen molar-refractivity contribution in [3.8, 4) is 0 Å². The molecule has 9 heteroatoms. The zero-order valence-electron chi connectivity index (χ0n) is 15.3. The molecule has 1 heterocycles. The van der Waals surface area contributed by atoms with Gasteiger partial charge in [-0.2, -0.15) is 4.99 Å². The van der Waals surface area contributed by atoms with E-state index in [1.54, 1.807) is 18.2 Å². The van der Waals surface area contributed by atoms with Gasteiger partial charge < -0.3 is 16.4 Å². The Balaban J connectivity index is 1.58. The van der Waals surface area contributed by atoms with E-state index >= 15 is 0 Å². The fourth-order valence-corrected chi connectivity index (χ4v) is 3.40. The summed E-state index contributed by atoms with van der Waals surface area (Å²) in [5.74, 6) is -3.08. The van der Waals surface area contributed by atoms with Crippen LogP contribution < -0.4 is 16.4 Å². The first-order valence-corrected chi connectivity index (χ1v) is 9.71. The van der Waals surface area contributed by atoms with Crippen molar-refractivity contribution < 1.29 is 19.2 Å². The van der Waals surface area contributed by atoms with Crippen LogP contribution in [-0.2, 0) is 20.8 Å². The molecule has 0 saturated heterocycles. The van der Waals surface area contributed by atoms with Crippen molar-refractivity contribution in [1.82, 2.24) is 5.32 Å². The Labute approximate surface area is 171 Å². The number of nitrogens with zero attached hydrogens (tertiary/aromatic N) is 1. The largest absolute Gasteiger partial charge is 0.366 e. The first kappa shape index (κ1) is 20.3. The first-order chi connectivity index (χ1) is 13.9. The second-order valence-electron chi connectivity index (χ2n) is 6.23. The molecule has 4 N–H and O–H groups in total. The molecule has 0 radical (unpaired) electrons. The van der Waals surface area contributed by atoms with Crippen LogP contribution in [0, 0.1) is 5.92 Å². The number of hydrogen-bond donors (Lipinski definition) is 3. The first-order valence-electron chi connectivity index (χ1n) is 8.73. The van der Waals surface area contributed by atoms with Gasteiger partial charge in [0, 0.05) is 0 Å². The lowest BCUT2D eigenvalue weighted by molar-refractivity contribution is -0.133. The molecule has 0 fully saturated rings. The lowest BCUT2D eigenvalue weighted by Crippen LogP contribution is -2.44. The van der Waals surface area contributed by atoms with E-state index in [0.717, 1.165) is 17.3 Å². The van der Waals surface area contributed by atoms with Crippen molar-refractivity contribution in [3.63, 3.8) is 0 Å². The fourth-order valence-electron chi connectivity index (χ4n) is 2.74. The smallest absolute Gasteiger partial charge is 0.261 e. The third-order valence-electron chi connectivity index (χ3n) is 4.15. The number of nitrogens with two attached hydrogens (primary N) is 1. The van der Waals surface area contributed by atoms with Gasteiger partial charge in [-0.15, -0.1) is 0 Å². The molecule has 2 aromatic rings. The Morgan fingerprint density at radius 2 is 1.76 bits per heavy atom. The number of carbonyl (C=O) groups is 4. The van der Waals surface area contributed by atoms with Crippen molar-refractivity contribution in [3.05, 3.63) is 65.7 Å². The predicted molar refractivity (Wildman–Crippen MR) is 110 cm³/mol. The number of anilines is 1. The minimum Gasteiger partial charge on any atom is -0.366 e. The number of benzene rings is 2. The second kappa shape index (κ2) is 9.16. The Kier molecular flexibility index (Phi) is 6.40. The number of amidine groups is 1. The average Bonchev–Trinajstić information content (AvgIpc) is 2.70. The second-order valence-corrected chi connectivity index (χ2v) is 7.20. The number of rotatable bonds is 6. The number of para-hydroxylation sites is 1. The van der Waals surface area contributed by atoms with Crippen LogP contribution in [0.15, 0.2) is 59.6 Å². The van der Waals surface area contributed by atoms with Gasteiger partial charge in [-0.3, -0.25) is 19.2 Å². The van der Waals surface area contributed by atoms with E-state index in [0.29, 0.717) is 5.69 Å².